The van der Waals surface area contributed by atoms with E-state index in [1.165, 1.54) is 6.07 Å². The van der Waals surface area contributed by atoms with Crippen LogP contribution in [0.1, 0.15) is 53.5 Å². The monoisotopic (exact) mass is 430 g/mol. The van der Waals surface area contributed by atoms with E-state index in [4.69, 9.17) is 4.98 Å². The molecule has 2 bridgehead atoms. The van der Waals surface area contributed by atoms with Crippen molar-refractivity contribution in [3.05, 3.63) is 93.7 Å². The first kappa shape index (κ1) is 20.3. The number of rotatable bonds is 1. The van der Waals surface area contributed by atoms with Crippen molar-refractivity contribution >= 4 is 5.91 Å². The van der Waals surface area contributed by atoms with Crippen molar-refractivity contribution in [1.29, 1.82) is 0 Å². The molecular weight excluding hydrogens is 404 g/mol. The molecule has 7 heteroatoms. The third kappa shape index (κ3) is 3.07. The summed E-state index contributed by atoms with van der Waals surface area (Å²) in [5.41, 5.74) is 1.86. The molecule has 0 saturated carbocycles. The average Bonchev–Trinajstić information content (AvgIpc) is 2.84. The summed E-state index contributed by atoms with van der Waals surface area (Å²) in [5.74, 6) is -0.832. The Bertz CT molecular complexity index is 1220. The van der Waals surface area contributed by atoms with E-state index < -0.39 is 16.7 Å². The largest absolute Gasteiger partial charge is 0.502 e. The Hall–Kier alpha value is -3.61. The molecule has 7 nitrogen and oxygen atoms in total. The molecule has 0 unspecified atom stereocenters. The first-order valence-electron chi connectivity index (χ1n) is 11.0. The third-order valence-electron chi connectivity index (χ3n) is 6.72. The van der Waals surface area contributed by atoms with Crippen LogP contribution in [0.2, 0.25) is 0 Å². The van der Waals surface area contributed by atoms with Gasteiger partial charge in [-0.25, -0.2) is 0 Å². The zero-order valence-electron chi connectivity index (χ0n) is 18.1. The van der Waals surface area contributed by atoms with Gasteiger partial charge in [0.2, 0.25) is 5.43 Å². The second kappa shape index (κ2) is 7.82. The van der Waals surface area contributed by atoms with Crippen LogP contribution in [0.15, 0.2) is 65.7 Å². The minimum atomic E-state index is -0.704. The number of aryl methyl sites for hydroxylation is 1. The lowest BCUT2D eigenvalue weighted by atomic mass is 9.82. The Balaban J connectivity index is 1.84. The van der Waals surface area contributed by atoms with E-state index in [2.05, 4.69) is 30.1 Å². The Kier molecular flexibility index (Phi) is 4.96. The molecule has 4 heterocycles. The summed E-state index contributed by atoms with van der Waals surface area (Å²) in [7, 11) is 0. The molecule has 1 N–H and O–H groups in total. The van der Waals surface area contributed by atoms with E-state index >= 15 is 0 Å². The van der Waals surface area contributed by atoms with E-state index in [0.717, 1.165) is 42.5 Å². The van der Waals surface area contributed by atoms with Crippen molar-refractivity contribution in [2.75, 3.05) is 18.2 Å². The van der Waals surface area contributed by atoms with Gasteiger partial charge in [0.1, 0.15) is 12.2 Å². The number of hydrogen-bond acceptors (Lipinski definition) is 5. The van der Waals surface area contributed by atoms with E-state index in [1.54, 1.807) is 15.8 Å². The lowest BCUT2D eigenvalue weighted by Crippen LogP contribution is -2.62. The van der Waals surface area contributed by atoms with Crippen molar-refractivity contribution in [3.8, 4) is 5.75 Å². The fourth-order valence-corrected chi connectivity index (χ4v) is 4.95. The first-order chi connectivity index (χ1) is 15.5. The van der Waals surface area contributed by atoms with Gasteiger partial charge >= 0.3 is 0 Å². The molecule has 2 aromatic heterocycles. The van der Waals surface area contributed by atoms with Crippen molar-refractivity contribution < 1.29 is 9.90 Å². The third-order valence-corrected chi connectivity index (χ3v) is 6.72. The second-order valence-corrected chi connectivity index (χ2v) is 8.58. The van der Waals surface area contributed by atoms with Crippen LogP contribution in [-0.4, -0.2) is 38.8 Å². The van der Waals surface area contributed by atoms with Gasteiger partial charge in [-0.3, -0.25) is 24.3 Å². The average molecular weight is 431 g/mol. The maximum Gasteiger partial charge on any atom is 0.277 e. The van der Waals surface area contributed by atoms with Crippen LogP contribution in [0.25, 0.3) is 0 Å². The maximum absolute atomic E-state index is 13.3. The number of benzene rings is 1. The fraction of sp³-hybridized carbons (Fsp3) is 0.320. The summed E-state index contributed by atoms with van der Waals surface area (Å²) >= 11 is 0. The van der Waals surface area contributed by atoms with Crippen LogP contribution in [-0.2, 0) is 12.0 Å². The molecule has 1 amide bonds. The van der Waals surface area contributed by atoms with Crippen molar-refractivity contribution in [3.63, 3.8) is 0 Å². The number of fused-ring (bicyclic) bond motifs is 5. The molecule has 164 valence electrons. The van der Waals surface area contributed by atoms with Gasteiger partial charge in [0.25, 0.3) is 5.91 Å². The molecule has 0 fully saturated rings. The van der Waals surface area contributed by atoms with Crippen molar-refractivity contribution in [2.45, 2.75) is 38.1 Å². The number of hydrogen-bond donors (Lipinski definition) is 1. The number of aromatic nitrogens is 2. The maximum atomic E-state index is 13.3. The van der Waals surface area contributed by atoms with Gasteiger partial charge in [-0.1, -0.05) is 42.8 Å². The highest BCUT2D eigenvalue weighted by atomic mass is 16.3. The number of amides is 1. The van der Waals surface area contributed by atoms with Gasteiger partial charge in [0.15, 0.2) is 11.4 Å². The van der Waals surface area contributed by atoms with Crippen molar-refractivity contribution in [1.82, 2.24) is 14.6 Å². The molecular formula is C25H26N4O3. The highest BCUT2D eigenvalue weighted by Gasteiger charge is 2.44. The van der Waals surface area contributed by atoms with Gasteiger partial charge in [-0.15, -0.1) is 0 Å². The van der Waals surface area contributed by atoms with Crippen LogP contribution in [0.5, 0.6) is 5.75 Å². The molecule has 5 rings (SSSR count). The number of carbonyl (C=O) groups excluding carboxylic acids is 1. The predicted molar refractivity (Wildman–Crippen MR) is 121 cm³/mol. The minimum Gasteiger partial charge on any atom is -0.502 e. The standard InChI is InChI=1S/C25H26N4O3/c1-25(18-9-4-2-5-10-18)19-11-8-14-26-20(19)12-6-3-7-15-27-17-29(25)28-16-13-21(30)23(31)22(28)24(27)32/h2,4-5,8-11,13-14,16,31H,3,6-7,12,15,17H2,1H3/t25-/m1/s1. The highest BCUT2D eigenvalue weighted by molar-refractivity contribution is 5.96. The summed E-state index contributed by atoms with van der Waals surface area (Å²) in [4.78, 5) is 32.0. The second-order valence-electron chi connectivity index (χ2n) is 8.58. The van der Waals surface area contributed by atoms with Gasteiger partial charge in [0, 0.05) is 36.3 Å². The molecule has 0 radical (unpaired) electrons. The van der Waals surface area contributed by atoms with Gasteiger partial charge in [0.05, 0.1) is 0 Å². The lowest BCUT2D eigenvalue weighted by molar-refractivity contribution is 0.0660. The quantitative estimate of drug-likeness (QED) is 0.642. The zero-order chi connectivity index (χ0) is 22.3. The fourth-order valence-electron chi connectivity index (χ4n) is 4.95. The van der Waals surface area contributed by atoms with Crippen LogP contribution < -0.4 is 10.4 Å². The molecule has 2 aliphatic rings. The summed E-state index contributed by atoms with van der Waals surface area (Å²) in [6, 6.07) is 15.5. The van der Waals surface area contributed by atoms with Crippen LogP contribution in [0.4, 0.5) is 0 Å². The summed E-state index contributed by atoms with van der Waals surface area (Å²) in [6.07, 6.45) is 7.06. The molecule has 1 atom stereocenters. The molecule has 2 aliphatic heterocycles. The molecule has 0 spiro atoms. The summed E-state index contributed by atoms with van der Waals surface area (Å²) in [5, 5.41) is 12.7. The number of nitrogens with zero attached hydrogens (tertiary/aromatic N) is 4. The molecule has 32 heavy (non-hydrogen) atoms. The lowest BCUT2D eigenvalue weighted by Gasteiger charge is -2.50. The molecule has 0 saturated heterocycles. The van der Waals surface area contributed by atoms with Gasteiger partial charge in [-0.2, -0.15) is 0 Å². The zero-order valence-corrected chi connectivity index (χ0v) is 18.1. The minimum absolute atomic E-state index is 0.00981. The van der Waals surface area contributed by atoms with Crippen LogP contribution in [0, 0.1) is 0 Å². The highest BCUT2D eigenvalue weighted by Crippen LogP contribution is 2.39. The van der Waals surface area contributed by atoms with Crippen LogP contribution in [0.3, 0.4) is 0 Å². The van der Waals surface area contributed by atoms with E-state index in [-0.39, 0.29) is 11.6 Å². The smallest absolute Gasteiger partial charge is 0.277 e. The number of aromatic hydroxyl groups is 1. The Morgan fingerprint density at radius 3 is 2.62 bits per heavy atom. The molecule has 3 aromatic rings. The Labute approximate surface area is 186 Å². The van der Waals surface area contributed by atoms with Gasteiger partial charge < -0.3 is 10.0 Å². The van der Waals surface area contributed by atoms with Gasteiger partial charge in [-0.05, 0) is 37.8 Å². The number of pyridine rings is 2. The first-order valence-corrected chi connectivity index (χ1v) is 11.0. The number of carbonyl (C=O) groups is 1. The SMILES string of the molecule is C[C@@]1(c2ccccc2)c2cccnc2CCCCCN2CN1n1ccc(=O)c(O)c1C2=O. The normalized spacial score (nSPS) is 20.8. The Morgan fingerprint density at radius 1 is 1.00 bits per heavy atom. The summed E-state index contributed by atoms with van der Waals surface area (Å²) < 4.78 is 1.65. The van der Waals surface area contributed by atoms with E-state index in [0.29, 0.717) is 13.2 Å². The molecule has 0 aliphatic carbocycles. The Morgan fingerprint density at radius 2 is 1.81 bits per heavy atom. The molecule has 1 aromatic carbocycles. The predicted octanol–water partition coefficient (Wildman–Crippen LogP) is 2.99. The van der Waals surface area contributed by atoms with E-state index in [1.807, 2.05) is 30.5 Å². The van der Waals surface area contributed by atoms with Crippen molar-refractivity contribution in [2.24, 2.45) is 0 Å². The topological polar surface area (TPSA) is 78.7 Å². The van der Waals surface area contributed by atoms with E-state index in [9.17, 15) is 14.7 Å². The summed E-state index contributed by atoms with van der Waals surface area (Å²) in [6.45, 7) is 3.01. The van der Waals surface area contributed by atoms with Crippen LogP contribution >= 0.6 is 0 Å².